The van der Waals surface area contributed by atoms with Crippen LogP contribution in [0.15, 0.2) is 29.7 Å². The van der Waals surface area contributed by atoms with Crippen LogP contribution in [0.4, 0.5) is 4.39 Å². The normalized spacial score (nSPS) is 17.0. The zero-order chi connectivity index (χ0) is 19.2. The fourth-order valence-corrected chi connectivity index (χ4v) is 5.25. The highest BCUT2D eigenvalue weighted by atomic mass is 32.2. The van der Waals surface area contributed by atoms with Crippen LogP contribution in [0.2, 0.25) is 0 Å². The Balaban J connectivity index is 1.55. The molecule has 144 valence electrons. The van der Waals surface area contributed by atoms with E-state index in [0.29, 0.717) is 42.8 Å². The number of nitrogens with zero attached hydrogens (tertiary/aromatic N) is 6. The molecule has 4 rings (SSSR count). The van der Waals surface area contributed by atoms with Gasteiger partial charge in [0.05, 0.1) is 11.9 Å². The molecule has 0 spiro atoms. The van der Waals surface area contributed by atoms with Gasteiger partial charge in [0, 0.05) is 44.5 Å². The molecule has 3 aromatic heterocycles. The Kier molecular flexibility index (Phi) is 4.44. The Hall–Kier alpha value is -2.37. The molecule has 0 aliphatic carbocycles. The van der Waals surface area contributed by atoms with Gasteiger partial charge in [-0.25, -0.2) is 22.3 Å². The van der Waals surface area contributed by atoms with E-state index in [2.05, 4.69) is 15.2 Å². The second kappa shape index (κ2) is 6.66. The van der Waals surface area contributed by atoms with Gasteiger partial charge >= 0.3 is 0 Å². The Labute approximate surface area is 155 Å². The van der Waals surface area contributed by atoms with Crippen LogP contribution in [-0.2, 0) is 23.6 Å². The van der Waals surface area contributed by atoms with E-state index < -0.39 is 10.0 Å². The lowest BCUT2D eigenvalue weighted by molar-refractivity contribution is 0.315. The zero-order valence-corrected chi connectivity index (χ0v) is 15.6. The van der Waals surface area contributed by atoms with Crippen molar-refractivity contribution in [3.05, 3.63) is 41.9 Å². The van der Waals surface area contributed by atoms with Crippen molar-refractivity contribution in [1.29, 1.82) is 0 Å². The second-order valence-corrected chi connectivity index (χ2v) is 8.51. The first-order valence-electron chi connectivity index (χ1n) is 8.61. The molecule has 3 aromatic rings. The van der Waals surface area contributed by atoms with E-state index in [1.54, 1.807) is 13.2 Å². The number of piperidine rings is 1. The molecule has 1 saturated heterocycles. The summed E-state index contributed by atoms with van der Waals surface area (Å²) in [4.78, 5) is 4.11. The summed E-state index contributed by atoms with van der Waals surface area (Å²) in [6.45, 7) is 0.701. The molecule has 1 fully saturated rings. The minimum Gasteiger partial charge on any atom is -0.325 e. The van der Waals surface area contributed by atoms with Crippen LogP contribution in [0.25, 0.3) is 5.65 Å². The third-order valence-corrected chi connectivity index (χ3v) is 7.06. The smallest absolute Gasteiger partial charge is 0.246 e. The molecule has 27 heavy (non-hydrogen) atoms. The van der Waals surface area contributed by atoms with Crippen LogP contribution < -0.4 is 5.73 Å². The van der Waals surface area contributed by atoms with Crippen LogP contribution in [0, 0.1) is 5.82 Å². The molecular weight excluding hydrogens is 373 g/mol. The number of hydrogen-bond acceptors (Lipinski definition) is 6. The lowest BCUT2D eigenvalue weighted by atomic mass is 9.91. The highest BCUT2D eigenvalue weighted by Crippen LogP contribution is 2.32. The van der Waals surface area contributed by atoms with E-state index in [1.165, 1.54) is 32.1 Å². The highest BCUT2D eigenvalue weighted by molar-refractivity contribution is 7.89. The molecule has 0 atom stereocenters. The van der Waals surface area contributed by atoms with Gasteiger partial charge in [0.1, 0.15) is 17.0 Å². The average molecular weight is 393 g/mol. The van der Waals surface area contributed by atoms with Gasteiger partial charge < -0.3 is 5.73 Å². The minimum atomic E-state index is -3.68. The third-order valence-electron chi connectivity index (χ3n) is 5.12. The van der Waals surface area contributed by atoms with Crippen LogP contribution in [0.3, 0.4) is 0 Å². The van der Waals surface area contributed by atoms with Crippen LogP contribution in [0.1, 0.15) is 30.0 Å². The molecule has 11 heteroatoms. The van der Waals surface area contributed by atoms with Crippen molar-refractivity contribution in [3.63, 3.8) is 0 Å². The number of hydrogen-bond donors (Lipinski definition) is 1. The van der Waals surface area contributed by atoms with Gasteiger partial charge in [-0.1, -0.05) is 0 Å². The van der Waals surface area contributed by atoms with Crippen molar-refractivity contribution in [2.45, 2.75) is 30.2 Å². The Morgan fingerprint density at radius 3 is 2.74 bits per heavy atom. The summed E-state index contributed by atoms with van der Waals surface area (Å²) < 4.78 is 44.8. The SMILES string of the molecule is Cn1ncc(S(=O)(=O)N2CCC(c3cn4ncnc4cc3F)CC2)c1CN. The number of aromatic nitrogens is 5. The van der Waals surface area contributed by atoms with Crippen molar-refractivity contribution in [2.75, 3.05) is 13.1 Å². The van der Waals surface area contributed by atoms with Crippen LogP contribution >= 0.6 is 0 Å². The summed E-state index contributed by atoms with van der Waals surface area (Å²) in [5.41, 5.74) is 7.13. The molecule has 0 unspecified atom stereocenters. The van der Waals surface area contributed by atoms with Crippen molar-refractivity contribution in [2.24, 2.45) is 12.8 Å². The number of pyridine rings is 1. The Morgan fingerprint density at radius 2 is 2.04 bits per heavy atom. The molecule has 0 radical (unpaired) electrons. The standard InChI is InChI=1S/C16H20FN7O2S/c1-22-14(7-18)15(8-20-22)27(25,26)23-4-2-11(3-5-23)12-9-24-16(6-13(12)17)19-10-21-24/h6,8-11H,2-5,7,18H2,1H3. The largest absolute Gasteiger partial charge is 0.325 e. The number of rotatable bonds is 4. The molecule has 0 bridgehead atoms. The first-order valence-corrected chi connectivity index (χ1v) is 10.1. The zero-order valence-electron chi connectivity index (χ0n) is 14.8. The van der Waals surface area contributed by atoms with Crippen molar-refractivity contribution >= 4 is 15.7 Å². The van der Waals surface area contributed by atoms with Gasteiger partial charge in [-0.15, -0.1) is 0 Å². The average Bonchev–Trinajstić information content (AvgIpc) is 3.26. The number of sulfonamides is 1. The van der Waals surface area contributed by atoms with E-state index in [9.17, 15) is 12.8 Å². The molecule has 4 heterocycles. The maximum absolute atomic E-state index is 14.4. The highest BCUT2D eigenvalue weighted by Gasteiger charge is 2.33. The van der Waals surface area contributed by atoms with Crippen molar-refractivity contribution in [1.82, 2.24) is 28.7 Å². The van der Waals surface area contributed by atoms with Gasteiger partial charge in [0.2, 0.25) is 10.0 Å². The summed E-state index contributed by atoms with van der Waals surface area (Å²) in [6, 6.07) is 1.36. The van der Waals surface area contributed by atoms with Gasteiger partial charge in [-0.2, -0.15) is 14.5 Å². The number of halogens is 1. The molecule has 9 nitrogen and oxygen atoms in total. The molecule has 0 saturated carbocycles. The summed E-state index contributed by atoms with van der Waals surface area (Å²) in [6.07, 6.45) is 5.39. The molecule has 1 aliphatic heterocycles. The van der Waals surface area contributed by atoms with Crippen molar-refractivity contribution < 1.29 is 12.8 Å². The molecule has 2 N–H and O–H groups in total. The molecule has 0 aromatic carbocycles. The fourth-order valence-electron chi connectivity index (χ4n) is 3.59. The number of nitrogens with two attached hydrogens (primary N) is 1. The summed E-state index contributed by atoms with van der Waals surface area (Å²) in [5.74, 6) is -0.414. The topological polar surface area (TPSA) is 111 Å². The minimum absolute atomic E-state index is 0.0760. The van der Waals surface area contributed by atoms with Crippen LogP contribution in [-0.4, -0.2) is 50.2 Å². The maximum atomic E-state index is 14.4. The third kappa shape index (κ3) is 3.01. The summed E-state index contributed by atoms with van der Waals surface area (Å²) in [7, 11) is -2.01. The summed E-state index contributed by atoms with van der Waals surface area (Å²) >= 11 is 0. The Morgan fingerprint density at radius 1 is 1.30 bits per heavy atom. The molecule has 1 aliphatic rings. The van der Waals surface area contributed by atoms with Gasteiger partial charge in [-0.3, -0.25) is 4.68 Å². The van der Waals surface area contributed by atoms with E-state index in [4.69, 9.17) is 5.73 Å². The summed E-state index contributed by atoms with van der Waals surface area (Å²) in [5, 5.41) is 8.05. The maximum Gasteiger partial charge on any atom is 0.246 e. The second-order valence-electron chi connectivity index (χ2n) is 6.60. The predicted molar refractivity (Wildman–Crippen MR) is 94.8 cm³/mol. The first-order chi connectivity index (χ1) is 12.9. The Bertz CT molecular complexity index is 1080. The number of fused-ring (bicyclic) bond motifs is 1. The lowest BCUT2D eigenvalue weighted by Gasteiger charge is -2.31. The molecule has 0 amide bonds. The van der Waals surface area contributed by atoms with E-state index in [0.717, 1.165) is 0 Å². The van der Waals surface area contributed by atoms with Gasteiger partial charge in [-0.05, 0) is 18.8 Å². The lowest BCUT2D eigenvalue weighted by Crippen LogP contribution is -2.38. The van der Waals surface area contributed by atoms with E-state index in [-0.39, 0.29) is 23.2 Å². The van der Waals surface area contributed by atoms with Crippen LogP contribution in [0.5, 0.6) is 0 Å². The number of aryl methyl sites for hydroxylation is 1. The fraction of sp³-hybridized carbons (Fsp3) is 0.438. The molecular formula is C16H20FN7O2S. The quantitative estimate of drug-likeness (QED) is 0.696. The van der Waals surface area contributed by atoms with Crippen molar-refractivity contribution in [3.8, 4) is 0 Å². The van der Waals surface area contributed by atoms with Gasteiger partial charge in [0.15, 0.2) is 5.65 Å². The van der Waals surface area contributed by atoms with E-state index in [1.807, 2.05) is 0 Å². The van der Waals surface area contributed by atoms with Gasteiger partial charge in [0.25, 0.3) is 0 Å². The monoisotopic (exact) mass is 393 g/mol. The first kappa shape index (κ1) is 18.0. The van der Waals surface area contributed by atoms with E-state index >= 15 is 0 Å². The predicted octanol–water partition coefficient (Wildman–Crippen LogP) is 0.629.